The van der Waals surface area contributed by atoms with Crippen LogP contribution in [-0.4, -0.2) is 30.4 Å². The van der Waals surface area contributed by atoms with E-state index >= 15 is 0 Å². The zero-order valence-corrected chi connectivity index (χ0v) is 12.7. The average Bonchev–Trinajstić information content (AvgIpc) is 2.36. The maximum Gasteiger partial charge on any atom is 0.251 e. The maximum absolute atomic E-state index is 12.0. The third kappa shape index (κ3) is 4.91. The summed E-state index contributed by atoms with van der Waals surface area (Å²) in [6.45, 7) is 7.59. The number of amides is 2. The van der Waals surface area contributed by atoms with Gasteiger partial charge < -0.3 is 16.0 Å². The maximum atomic E-state index is 12.0. The molecule has 0 aliphatic carbocycles. The molecule has 0 fully saturated rings. The van der Waals surface area contributed by atoms with Gasteiger partial charge in [-0.05, 0) is 45.9 Å². The number of carbonyl (C=O) groups is 2. The van der Waals surface area contributed by atoms with Gasteiger partial charge in [0.1, 0.15) is 6.04 Å². The minimum atomic E-state index is -0.380. The number of carbonyl (C=O) groups excluding carboxylic acids is 2. The predicted octanol–water partition coefficient (Wildman–Crippen LogP) is 1.76. The largest absolute Gasteiger partial charge is 0.374 e. The van der Waals surface area contributed by atoms with Crippen molar-refractivity contribution in [1.29, 1.82) is 0 Å². The molecule has 110 valence electrons. The first kappa shape index (κ1) is 16.0. The molecule has 0 aliphatic heterocycles. The fourth-order valence-electron chi connectivity index (χ4n) is 1.69. The van der Waals surface area contributed by atoms with Crippen molar-refractivity contribution in [2.45, 2.75) is 39.3 Å². The third-order valence-corrected chi connectivity index (χ3v) is 2.63. The number of hydrogen-bond donors (Lipinski definition) is 3. The van der Waals surface area contributed by atoms with Crippen LogP contribution in [0.2, 0.25) is 0 Å². The zero-order valence-electron chi connectivity index (χ0n) is 12.7. The molecule has 5 nitrogen and oxygen atoms in total. The Morgan fingerprint density at radius 1 is 1.20 bits per heavy atom. The molecule has 2 amide bonds. The number of rotatable bonds is 4. The number of benzene rings is 1. The SMILES string of the molecule is CNC(=O)c1cccc(NC(C)C(=O)NC(C)(C)C)c1. The van der Waals surface area contributed by atoms with E-state index in [1.54, 1.807) is 32.2 Å². The van der Waals surface area contributed by atoms with Crippen molar-refractivity contribution in [3.63, 3.8) is 0 Å². The highest BCUT2D eigenvalue weighted by Gasteiger charge is 2.19. The second-order valence-corrected chi connectivity index (χ2v) is 5.77. The molecule has 0 aliphatic rings. The highest BCUT2D eigenvalue weighted by atomic mass is 16.2. The minimum Gasteiger partial charge on any atom is -0.374 e. The Balaban J connectivity index is 2.73. The van der Waals surface area contributed by atoms with Crippen LogP contribution in [-0.2, 0) is 4.79 Å². The molecule has 0 saturated heterocycles. The van der Waals surface area contributed by atoms with Crippen LogP contribution in [0.3, 0.4) is 0 Å². The molecule has 3 N–H and O–H groups in total. The lowest BCUT2D eigenvalue weighted by Gasteiger charge is -2.24. The Labute approximate surface area is 120 Å². The minimum absolute atomic E-state index is 0.0807. The summed E-state index contributed by atoms with van der Waals surface area (Å²) in [5.41, 5.74) is 1.03. The van der Waals surface area contributed by atoms with Crippen molar-refractivity contribution >= 4 is 17.5 Å². The molecule has 20 heavy (non-hydrogen) atoms. The van der Waals surface area contributed by atoms with Crippen LogP contribution >= 0.6 is 0 Å². The molecular weight excluding hydrogens is 254 g/mol. The van der Waals surface area contributed by atoms with Crippen LogP contribution in [0.25, 0.3) is 0 Å². The Hall–Kier alpha value is -2.04. The molecule has 1 aromatic carbocycles. The van der Waals surface area contributed by atoms with Crippen LogP contribution in [0.5, 0.6) is 0 Å². The van der Waals surface area contributed by atoms with Crippen molar-refractivity contribution < 1.29 is 9.59 Å². The van der Waals surface area contributed by atoms with Gasteiger partial charge in [-0.15, -0.1) is 0 Å². The van der Waals surface area contributed by atoms with Crippen LogP contribution in [0.15, 0.2) is 24.3 Å². The molecule has 0 bridgehead atoms. The molecule has 1 unspecified atom stereocenters. The quantitative estimate of drug-likeness (QED) is 0.785. The Bertz CT molecular complexity index is 492. The Morgan fingerprint density at radius 2 is 1.85 bits per heavy atom. The van der Waals surface area contributed by atoms with E-state index in [1.165, 1.54) is 0 Å². The second kappa shape index (κ2) is 6.41. The molecule has 0 aromatic heterocycles. The van der Waals surface area contributed by atoms with Gasteiger partial charge in [-0.3, -0.25) is 9.59 Å². The fourth-order valence-corrected chi connectivity index (χ4v) is 1.69. The van der Waals surface area contributed by atoms with Crippen molar-refractivity contribution in [3.8, 4) is 0 Å². The summed E-state index contributed by atoms with van der Waals surface area (Å²) < 4.78 is 0. The Morgan fingerprint density at radius 3 is 2.40 bits per heavy atom. The lowest BCUT2D eigenvalue weighted by Crippen LogP contribution is -2.47. The molecular formula is C15H23N3O2. The summed E-state index contributed by atoms with van der Waals surface area (Å²) in [5, 5.41) is 8.57. The Kier molecular flexibility index (Phi) is 5.13. The van der Waals surface area contributed by atoms with Gasteiger partial charge in [0.2, 0.25) is 5.91 Å². The van der Waals surface area contributed by atoms with E-state index in [0.717, 1.165) is 5.69 Å². The monoisotopic (exact) mass is 277 g/mol. The number of nitrogens with one attached hydrogen (secondary N) is 3. The zero-order chi connectivity index (χ0) is 15.3. The van der Waals surface area contributed by atoms with Gasteiger partial charge in [0, 0.05) is 23.8 Å². The first-order valence-electron chi connectivity index (χ1n) is 6.63. The molecule has 0 saturated carbocycles. The van der Waals surface area contributed by atoms with Gasteiger partial charge in [0.15, 0.2) is 0 Å². The van der Waals surface area contributed by atoms with Crippen LogP contribution < -0.4 is 16.0 Å². The average molecular weight is 277 g/mol. The molecule has 0 radical (unpaired) electrons. The first-order valence-corrected chi connectivity index (χ1v) is 6.63. The van der Waals surface area contributed by atoms with Crippen molar-refractivity contribution in [1.82, 2.24) is 10.6 Å². The van der Waals surface area contributed by atoms with Crippen molar-refractivity contribution in [2.75, 3.05) is 12.4 Å². The topological polar surface area (TPSA) is 70.2 Å². The summed E-state index contributed by atoms with van der Waals surface area (Å²) in [5.74, 6) is -0.233. The summed E-state index contributed by atoms with van der Waals surface area (Å²) in [6, 6.07) is 6.67. The van der Waals surface area contributed by atoms with E-state index in [-0.39, 0.29) is 23.4 Å². The molecule has 1 rings (SSSR count). The highest BCUT2D eigenvalue weighted by molar-refractivity contribution is 5.95. The van der Waals surface area contributed by atoms with Gasteiger partial charge in [0.05, 0.1) is 0 Å². The standard InChI is InChI=1S/C15H23N3O2/c1-10(13(19)18-15(2,3)4)17-12-8-6-7-11(9-12)14(20)16-5/h6-10,17H,1-5H3,(H,16,20)(H,18,19). The third-order valence-electron chi connectivity index (χ3n) is 2.63. The molecule has 5 heteroatoms. The van der Waals surface area contributed by atoms with Gasteiger partial charge in [0.25, 0.3) is 5.91 Å². The number of hydrogen-bond acceptors (Lipinski definition) is 3. The van der Waals surface area contributed by atoms with E-state index in [2.05, 4.69) is 16.0 Å². The van der Waals surface area contributed by atoms with E-state index in [1.807, 2.05) is 26.8 Å². The van der Waals surface area contributed by atoms with Gasteiger partial charge >= 0.3 is 0 Å². The van der Waals surface area contributed by atoms with Gasteiger partial charge in [-0.25, -0.2) is 0 Å². The van der Waals surface area contributed by atoms with Crippen LogP contribution in [0, 0.1) is 0 Å². The first-order chi connectivity index (χ1) is 9.23. The van der Waals surface area contributed by atoms with E-state index in [4.69, 9.17) is 0 Å². The summed E-state index contributed by atoms with van der Waals surface area (Å²) in [6.07, 6.45) is 0. The molecule has 0 heterocycles. The lowest BCUT2D eigenvalue weighted by molar-refractivity contribution is -0.122. The van der Waals surface area contributed by atoms with Crippen molar-refractivity contribution in [2.24, 2.45) is 0 Å². The second-order valence-electron chi connectivity index (χ2n) is 5.77. The van der Waals surface area contributed by atoms with E-state index < -0.39 is 0 Å². The lowest BCUT2D eigenvalue weighted by atomic mass is 10.1. The van der Waals surface area contributed by atoms with Crippen LogP contribution in [0.1, 0.15) is 38.1 Å². The summed E-state index contributed by atoms with van der Waals surface area (Å²) in [7, 11) is 1.59. The molecule has 1 atom stereocenters. The molecule has 1 aromatic rings. The predicted molar refractivity (Wildman–Crippen MR) is 80.8 cm³/mol. The summed E-state index contributed by atoms with van der Waals surface area (Å²) >= 11 is 0. The summed E-state index contributed by atoms with van der Waals surface area (Å²) in [4.78, 5) is 23.5. The smallest absolute Gasteiger partial charge is 0.251 e. The normalized spacial score (nSPS) is 12.4. The van der Waals surface area contributed by atoms with Gasteiger partial charge in [-0.1, -0.05) is 6.07 Å². The fraction of sp³-hybridized carbons (Fsp3) is 0.467. The highest BCUT2D eigenvalue weighted by Crippen LogP contribution is 2.12. The van der Waals surface area contributed by atoms with E-state index in [9.17, 15) is 9.59 Å². The van der Waals surface area contributed by atoms with Crippen LogP contribution in [0.4, 0.5) is 5.69 Å². The van der Waals surface area contributed by atoms with Crippen molar-refractivity contribution in [3.05, 3.63) is 29.8 Å². The van der Waals surface area contributed by atoms with E-state index in [0.29, 0.717) is 5.56 Å². The number of anilines is 1. The van der Waals surface area contributed by atoms with Gasteiger partial charge in [-0.2, -0.15) is 0 Å². The molecule has 0 spiro atoms.